The van der Waals surface area contributed by atoms with Crippen molar-refractivity contribution in [2.24, 2.45) is 0 Å². The zero-order valence-corrected chi connectivity index (χ0v) is 16.2. The van der Waals surface area contributed by atoms with Gasteiger partial charge in [-0.2, -0.15) is 13.2 Å². The maximum atomic E-state index is 12.9. The van der Waals surface area contributed by atoms with E-state index >= 15 is 0 Å². The Morgan fingerprint density at radius 2 is 1.66 bits per heavy atom. The van der Waals surface area contributed by atoms with Crippen molar-refractivity contribution in [1.29, 1.82) is 0 Å². The van der Waals surface area contributed by atoms with Gasteiger partial charge in [0.05, 0.1) is 23.9 Å². The highest BCUT2D eigenvalue weighted by Gasteiger charge is 2.32. The summed E-state index contributed by atoms with van der Waals surface area (Å²) in [7, 11) is 1.52. The zero-order valence-electron chi connectivity index (χ0n) is 16.2. The van der Waals surface area contributed by atoms with Gasteiger partial charge in [-0.05, 0) is 36.4 Å². The number of ketones is 1. The van der Waals surface area contributed by atoms with E-state index in [0.717, 1.165) is 12.1 Å². The van der Waals surface area contributed by atoms with E-state index in [1.165, 1.54) is 31.7 Å². The summed E-state index contributed by atoms with van der Waals surface area (Å²) in [5.74, 6) is 0.342. The van der Waals surface area contributed by atoms with E-state index in [0.29, 0.717) is 28.1 Å². The average Bonchev–Trinajstić information content (AvgIpc) is 2.99. The third kappa shape index (κ3) is 3.99. The number of fused-ring (bicyclic) bond motifs is 3. The summed E-state index contributed by atoms with van der Waals surface area (Å²) in [5.41, 5.74) is 1.47. The molecule has 0 N–H and O–H groups in total. The van der Waals surface area contributed by atoms with Crippen LogP contribution < -0.4 is 4.74 Å². The number of carbonyl (C=O) groups is 1. The predicted octanol–water partition coefficient (Wildman–Crippen LogP) is 5.80. The van der Waals surface area contributed by atoms with Crippen LogP contribution in [-0.2, 0) is 6.18 Å². The molecule has 29 heavy (non-hydrogen) atoms. The van der Waals surface area contributed by atoms with Gasteiger partial charge in [0, 0.05) is 16.7 Å². The molecule has 7 heteroatoms. The lowest BCUT2D eigenvalue weighted by atomic mass is 10.1. The first-order valence-corrected chi connectivity index (χ1v) is 9.08. The molecule has 0 radical (unpaired) electrons. The predicted molar refractivity (Wildman–Crippen MR) is 104 cm³/mol. The fourth-order valence-corrected chi connectivity index (χ4v) is 2.95. The molecule has 4 rings (SSSR count). The van der Waals surface area contributed by atoms with Crippen molar-refractivity contribution in [3.8, 4) is 28.3 Å². The normalized spacial score (nSPS) is 12.0. The Morgan fingerprint density at radius 1 is 0.931 bits per heavy atom. The number of carbonyl (C=O) groups excluding carboxylic acids is 1. The van der Waals surface area contributed by atoms with Crippen molar-refractivity contribution >= 4 is 5.78 Å². The van der Waals surface area contributed by atoms with Gasteiger partial charge in [0.25, 0.3) is 0 Å². The largest absolute Gasteiger partial charge is 0.497 e. The van der Waals surface area contributed by atoms with E-state index in [2.05, 4.69) is 24.0 Å². The monoisotopic (exact) mass is 400 g/mol. The molecule has 0 saturated heterocycles. The minimum atomic E-state index is -4.46. The van der Waals surface area contributed by atoms with Crippen LogP contribution in [0.1, 0.15) is 41.8 Å². The third-order valence-corrected chi connectivity index (χ3v) is 4.25. The molecule has 150 valence electrons. The Balaban J connectivity index is 0.000000755. The summed E-state index contributed by atoms with van der Waals surface area (Å²) in [6.07, 6.45) is -3.21. The van der Waals surface area contributed by atoms with Crippen molar-refractivity contribution in [1.82, 2.24) is 10.2 Å². The third-order valence-electron chi connectivity index (χ3n) is 4.25. The van der Waals surface area contributed by atoms with Gasteiger partial charge in [0.1, 0.15) is 11.4 Å². The number of nitrogens with zero attached hydrogens (tertiary/aromatic N) is 2. The molecule has 4 nitrogen and oxygen atoms in total. The lowest BCUT2D eigenvalue weighted by Crippen LogP contribution is -2.05. The molecule has 3 aromatic rings. The molecule has 0 amide bonds. The van der Waals surface area contributed by atoms with E-state index in [1.807, 2.05) is 0 Å². The fraction of sp³-hybridized carbons (Fsp3) is 0.227. The molecule has 0 unspecified atom stereocenters. The highest BCUT2D eigenvalue weighted by atomic mass is 19.4. The molecule has 0 saturated carbocycles. The first-order valence-electron chi connectivity index (χ1n) is 9.08. The SMILES string of the molecule is CCC.COc1ccc2c(c1)-c1nnc(-c3cccc(C(F)(F)F)c3)cc1C2=O. The lowest BCUT2D eigenvalue weighted by Gasteiger charge is -2.08. The van der Waals surface area contributed by atoms with Gasteiger partial charge in [-0.25, -0.2) is 0 Å². The Morgan fingerprint density at radius 3 is 2.31 bits per heavy atom. The molecule has 0 aliphatic heterocycles. The summed E-state index contributed by atoms with van der Waals surface area (Å²) in [6.45, 7) is 4.25. The number of aromatic nitrogens is 2. The van der Waals surface area contributed by atoms with Crippen molar-refractivity contribution in [2.75, 3.05) is 7.11 Å². The second-order valence-corrected chi connectivity index (χ2v) is 6.52. The molecular weight excluding hydrogens is 381 g/mol. The topological polar surface area (TPSA) is 52.1 Å². The van der Waals surface area contributed by atoms with Gasteiger partial charge in [-0.1, -0.05) is 32.4 Å². The molecule has 1 heterocycles. The van der Waals surface area contributed by atoms with E-state index in [1.54, 1.807) is 18.2 Å². The number of benzene rings is 2. The summed E-state index contributed by atoms with van der Waals surface area (Å²) < 4.78 is 43.9. The Kier molecular flexibility index (Phi) is 5.68. The van der Waals surface area contributed by atoms with Gasteiger partial charge in [0.2, 0.25) is 0 Å². The zero-order chi connectivity index (χ0) is 21.2. The van der Waals surface area contributed by atoms with Gasteiger partial charge in [-0.15, -0.1) is 10.2 Å². The minimum absolute atomic E-state index is 0.211. The number of hydrogen-bond acceptors (Lipinski definition) is 4. The first-order chi connectivity index (χ1) is 13.8. The van der Waals surface area contributed by atoms with E-state index in [-0.39, 0.29) is 17.0 Å². The van der Waals surface area contributed by atoms with Crippen LogP contribution >= 0.6 is 0 Å². The molecule has 0 atom stereocenters. The summed E-state index contributed by atoms with van der Waals surface area (Å²) in [6, 6.07) is 11.3. The lowest BCUT2D eigenvalue weighted by molar-refractivity contribution is -0.137. The van der Waals surface area contributed by atoms with Crippen LogP contribution in [0.2, 0.25) is 0 Å². The van der Waals surface area contributed by atoms with Crippen LogP contribution in [0.3, 0.4) is 0 Å². The second kappa shape index (κ2) is 8.03. The van der Waals surface area contributed by atoms with Crippen molar-refractivity contribution in [3.05, 3.63) is 65.2 Å². The van der Waals surface area contributed by atoms with E-state index in [4.69, 9.17) is 4.74 Å². The molecule has 0 spiro atoms. The van der Waals surface area contributed by atoms with Crippen LogP contribution in [-0.4, -0.2) is 23.1 Å². The van der Waals surface area contributed by atoms with Crippen LogP contribution in [0.25, 0.3) is 22.5 Å². The molecular formula is C22H19F3N2O2. The Bertz CT molecular complexity index is 1060. The summed E-state index contributed by atoms with van der Waals surface area (Å²) in [5, 5.41) is 8.11. The minimum Gasteiger partial charge on any atom is -0.497 e. The van der Waals surface area contributed by atoms with Gasteiger partial charge >= 0.3 is 6.18 Å². The van der Waals surface area contributed by atoms with Crippen molar-refractivity contribution < 1.29 is 22.7 Å². The molecule has 1 aliphatic carbocycles. The Labute approximate surface area is 166 Å². The quantitative estimate of drug-likeness (QED) is 0.427. The number of methoxy groups -OCH3 is 1. The molecule has 0 bridgehead atoms. The number of ether oxygens (including phenoxy) is 1. The fourth-order valence-electron chi connectivity index (χ4n) is 2.95. The van der Waals surface area contributed by atoms with Crippen LogP contribution in [0.15, 0.2) is 48.5 Å². The highest BCUT2D eigenvalue weighted by Crippen LogP contribution is 2.38. The average molecular weight is 400 g/mol. The van der Waals surface area contributed by atoms with E-state index < -0.39 is 11.7 Å². The molecule has 2 aromatic carbocycles. The molecule has 1 aliphatic rings. The number of alkyl halides is 3. The maximum Gasteiger partial charge on any atom is 0.416 e. The summed E-state index contributed by atoms with van der Waals surface area (Å²) >= 11 is 0. The van der Waals surface area contributed by atoms with Crippen molar-refractivity contribution in [2.45, 2.75) is 26.4 Å². The standard InChI is InChI=1S/C19H11F3N2O2.C3H8/c1-26-12-5-6-13-14(8-12)17-15(18(13)25)9-16(23-24-17)10-3-2-4-11(7-10)19(20,21)22;1-3-2/h2-9H,1H3;3H2,1-2H3. The van der Waals surface area contributed by atoms with Crippen molar-refractivity contribution in [3.63, 3.8) is 0 Å². The van der Waals surface area contributed by atoms with Crippen LogP contribution in [0, 0.1) is 0 Å². The van der Waals surface area contributed by atoms with Crippen LogP contribution in [0.5, 0.6) is 5.75 Å². The highest BCUT2D eigenvalue weighted by molar-refractivity contribution is 6.21. The van der Waals surface area contributed by atoms with Crippen LogP contribution in [0.4, 0.5) is 13.2 Å². The maximum absolute atomic E-state index is 12.9. The second-order valence-electron chi connectivity index (χ2n) is 6.52. The number of rotatable bonds is 2. The number of hydrogen-bond donors (Lipinski definition) is 0. The summed E-state index contributed by atoms with van der Waals surface area (Å²) in [4.78, 5) is 12.6. The van der Waals surface area contributed by atoms with E-state index in [9.17, 15) is 18.0 Å². The Hall–Kier alpha value is -3.22. The molecule has 1 aromatic heterocycles. The van der Waals surface area contributed by atoms with Gasteiger partial charge in [-0.3, -0.25) is 4.79 Å². The van der Waals surface area contributed by atoms with Gasteiger partial charge < -0.3 is 4.74 Å². The molecule has 0 fully saturated rings. The first kappa shape index (κ1) is 20.5. The smallest absolute Gasteiger partial charge is 0.416 e. The number of halogens is 3. The van der Waals surface area contributed by atoms with Gasteiger partial charge in [0.15, 0.2) is 5.78 Å².